The Balaban J connectivity index is 2.06. The number of aromatic nitrogens is 1. The fourth-order valence-electron chi connectivity index (χ4n) is 2.19. The first-order valence-corrected chi connectivity index (χ1v) is 7.60. The van der Waals surface area contributed by atoms with Gasteiger partial charge in [-0.3, -0.25) is 9.98 Å². The van der Waals surface area contributed by atoms with Gasteiger partial charge in [-0.25, -0.2) is 0 Å². The maximum absolute atomic E-state index is 10.1. The van der Waals surface area contributed by atoms with Crippen LogP contribution in [0.15, 0.2) is 53.7 Å². The number of para-hydroxylation sites is 1. The lowest BCUT2D eigenvalue weighted by molar-refractivity contribution is 0.470. The average Bonchev–Trinajstić information content (AvgIpc) is 2.49. The van der Waals surface area contributed by atoms with Crippen molar-refractivity contribution in [3.05, 3.63) is 63.4 Å². The lowest BCUT2D eigenvalue weighted by Gasteiger charge is -2.04. The van der Waals surface area contributed by atoms with Gasteiger partial charge in [0.15, 0.2) is 0 Å². The van der Waals surface area contributed by atoms with E-state index in [9.17, 15) is 5.11 Å². The lowest BCUT2D eigenvalue weighted by Crippen LogP contribution is -1.88. The number of fused-ring (bicyclic) bond motifs is 1. The Morgan fingerprint density at radius 1 is 1.19 bits per heavy atom. The number of aryl methyl sites for hydroxylation is 1. The molecule has 0 fully saturated rings. The molecule has 104 valence electrons. The highest BCUT2D eigenvalue weighted by atomic mass is 127. The molecule has 0 spiro atoms. The van der Waals surface area contributed by atoms with E-state index in [1.54, 1.807) is 12.4 Å². The molecule has 21 heavy (non-hydrogen) atoms. The topological polar surface area (TPSA) is 45.5 Å². The largest absolute Gasteiger partial charge is 0.506 e. The van der Waals surface area contributed by atoms with Crippen molar-refractivity contribution in [2.75, 3.05) is 0 Å². The maximum Gasteiger partial charge on any atom is 0.137 e. The minimum atomic E-state index is 0.262. The van der Waals surface area contributed by atoms with Crippen LogP contribution in [0.3, 0.4) is 0 Å². The van der Waals surface area contributed by atoms with Crippen LogP contribution in [0.4, 0.5) is 5.69 Å². The molecule has 1 N–H and O–H groups in total. The molecule has 0 atom stereocenters. The molecule has 1 aromatic heterocycles. The number of hydrogen-bond donors (Lipinski definition) is 1. The highest BCUT2D eigenvalue weighted by Crippen LogP contribution is 2.27. The summed E-state index contributed by atoms with van der Waals surface area (Å²) in [6, 6.07) is 13.7. The quantitative estimate of drug-likeness (QED) is 0.515. The summed E-state index contributed by atoms with van der Waals surface area (Å²) in [5.41, 5.74) is 3.46. The van der Waals surface area contributed by atoms with E-state index < -0.39 is 0 Å². The molecule has 0 saturated heterocycles. The Morgan fingerprint density at radius 3 is 2.86 bits per heavy atom. The SMILES string of the molecule is Cc1cc(I)c(O)c(C=Nc2cccc3cccnc23)c1. The normalized spacial score (nSPS) is 11.3. The number of phenols is 1. The second-order valence-electron chi connectivity index (χ2n) is 4.80. The Hall–Kier alpha value is -1.95. The molecule has 3 aromatic rings. The van der Waals surface area contributed by atoms with E-state index in [1.165, 1.54) is 0 Å². The molecule has 0 aliphatic carbocycles. The second-order valence-corrected chi connectivity index (χ2v) is 5.96. The van der Waals surface area contributed by atoms with E-state index in [0.717, 1.165) is 25.7 Å². The monoisotopic (exact) mass is 388 g/mol. The van der Waals surface area contributed by atoms with Crippen molar-refractivity contribution in [2.24, 2.45) is 4.99 Å². The van der Waals surface area contributed by atoms with Crippen molar-refractivity contribution in [3.8, 4) is 5.75 Å². The molecule has 0 amide bonds. The number of aliphatic imine (C=N–C) groups is 1. The summed E-state index contributed by atoms with van der Waals surface area (Å²) >= 11 is 2.12. The summed E-state index contributed by atoms with van der Waals surface area (Å²) < 4.78 is 0.824. The number of hydrogen-bond acceptors (Lipinski definition) is 3. The zero-order valence-electron chi connectivity index (χ0n) is 11.4. The molecule has 0 saturated carbocycles. The third kappa shape index (κ3) is 2.90. The van der Waals surface area contributed by atoms with Gasteiger partial charge in [0.25, 0.3) is 0 Å². The molecule has 0 aliphatic rings. The van der Waals surface area contributed by atoms with Crippen LogP contribution in [0.5, 0.6) is 5.75 Å². The van der Waals surface area contributed by atoms with Crippen LogP contribution < -0.4 is 0 Å². The predicted octanol–water partition coefficient (Wildman–Crippen LogP) is 4.60. The maximum atomic E-state index is 10.1. The molecule has 0 aliphatic heterocycles. The minimum Gasteiger partial charge on any atom is -0.506 e. The van der Waals surface area contributed by atoms with E-state index in [0.29, 0.717) is 5.56 Å². The number of nitrogens with zero attached hydrogens (tertiary/aromatic N) is 2. The number of aromatic hydroxyl groups is 1. The molecular weight excluding hydrogens is 375 g/mol. The summed E-state index contributed by atoms with van der Waals surface area (Å²) in [4.78, 5) is 8.87. The van der Waals surface area contributed by atoms with Gasteiger partial charge in [0.05, 0.1) is 14.8 Å². The van der Waals surface area contributed by atoms with Crippen molar-refractivity contribution in [2.45, 2.75) is 6.92 Å². The fraction of sp³-hybridized carbons (Fsp3) is 0.0588. The van der Waals surface area contributed by atoms with Crippen LogP contribution in [-0.4, -0.2) is 16.3 Å². The summed E-state index contributed by atoms with van der Waals surface area (Å²) in [5, 5.41) is 11.2. The highest BCUT2D eigenvalue weighted by Gasteiger charge is 2.05. The summed E-state index contributed by atoms with van der Waals surface area (Å²) in [5.74, 6) is 0.262. The molecule has 0 bridgehead atoms. The minimum absolute atomic E-state index is 0.262. The van der Waals surface area contributed by atoms with Crippen LogP contribution in [0.2, 0.25) is 0 Å². The third-order valence-electron chi connectivity index (χ3n) is 3.19. The zero-order valence-corrected chi connectivity index (χ0v) is 13.6. The predicted molar refractivity (Wildman–Crippen MR) is 94.6 cm³/mol. The van der Waals surface area contributed by atoms with Gasteiger partial charge in [-0.05, 0) is 59.3 Å². The van der Waals surface area contributed by atoms with Crippen molar-refractivity contribution >= 4 is 45.4 Å². The van der Waals surface area contributed by atoms with Crippen molar-refractivity contribution < 1.29 is 5.11 Å². The van der Waals surface area contributed by atoms with Crippen LogP contribution in [0.1, 0.15) is 11.1 Å². The van der Waals surface area contributed by atoms with E-state index in [-0.39, 0.29) is 5.75 Å². The summed E-state index contributed by atoms with van der Waals surface area (Å²) in [6.07, 6.45) is 3.45. The summed E-state index contributed by atoms with van der Waals surface area (Å²) in [6.45, 7) is 2.00. The Bertz CT molecular complexity index is 838. The molecule has 3 nitrogen and oxygen atoms in total. The van der Waals surface area contributed by atoms with Crippen molar-refractivity contribution in [3.63, 3.8) is 0 Å². The van der Waals surface area contributed by atoms with E-state index in [1.807, 2.05) is 49.4 Å². The molecule has 1 heterocycles. The lowest BCUT2D eigenvalue weighted by atomic mass is 10.1. The van der Waals surface area contributed by atoms with Gasteiger partial charge in [-0.1, -0.05) is 18.2 Å². The molecule has 0 radical (unpaired) electrons. The Morgan fingerprint density at radius 2 is 2.00 bits per heavy atom. The highest BCUT2D eigenvalue weighted by molar-refractivity contribution is 14.1. The molecular formula is C17H13IN2O. The average molecular weight is 388 g/mol. The third-order valence-corrected chi connectivity index (χ3v) is 4.01. The zero-order chi connectivity index (χ0) is 14.8. The van der Waals surface area contributed by atoms with Gasteiger partial charge in [-0.15, -0.1) is 0 Å². The summed E-state index contributed by atoms with van der Waals surface area (Å²) in [7, 11) is 0. The first kappa shape index (κ1) is 14.0. The van der Waals surface area contributed by atoms with E-state index >= 15 is 0 Å². The fourth-order valence-corrected chi connectivity index (χ4v) is 2.99. The van der Waals surface area contributed by atoms with Gasteiger partial charge in [-0.2, -0.15) is 0 Å². The van der Waals surface area contributed by atoms with Gasteiger partial charge in [0.2, 0.25) is 0 Å². The number of halogens is 1. The first-order valence-electron chi connectivity index (χ1n) is 6.52. The van der Waals surface area contributed by atoms with Gasteiger partial charge in [0.1, 0.15) is 5.75 Å². The number of rotatable bonds is 2. The van der Waals surface area contributed by atoms with Crippen molar-refractivity contribution in [1.29, 1.82) is 0 Å². The standard InChI is InChI=1S/C17H13IN2O/c1-11-8-13(17(21)14(18)9-11)10-20-15-6-2-4-12-5-3-7-19-16(12)15/h2-10,21H,1H3. The van der Waals surface area contributed by atoms with Gasteiger partial charge >= 0.3 is 0 Å². The Labute approximate surface area is 136 Å². The van der Waals surface area contributed by atoms with Crippen molar-refractivity contribution in [1.82, 2.24) is 4.98 Å². The number of pyridine rings is 1. The molecule has 2 aromatic carbocycles. The Kier molecular flexibility index (Phi) is 3.88. The number of phenolic OH excluding ortho intramolecular Hbond substituents is 1. The van der Waals surface area contributed by atoms with Gasteiger partial charge < -0.3 is 5.11 Å². The molecule has 3 rings (SSSR count). The molecule has 4 heteroatoms. The van der Waals surface area contributed by atoms with E-state index in [4.69, 9.17) is 0 Å². The van der Waals surface area contributed by atoms with Crippen LogP contribution in [-0.2, 0) is 0 Å². The van der Waals surface area contributed by atoms with Gasteiger partial charge in [0, 0.05) is 23.4 Å². The van der Waals surface area contributed by atoms with Crippen LogP contribution in [0.25, 0.3) is 10.9 Å². The van der Waals surface area contributed by atoms with E-state index in [2.05, 4.69) is 32.6 Å². The smallest absolute Gasteiger partial charge is 0.137 e. The van der Waals surface area contributed by atoms with Crippen LogP contribution >= 0.6 is 22.6 Å². The second kappa shape index (κ2) is 5.81. The molecule has 0 unspecified atom stereocenters. The first-order chi connectivity index (χ1) is 10.1. The van der Waals surface area contributed by atoms with Crippen LogP contribution in [0, 0.1) is 10.5 Å². The number of benzene rings is 2.